The molecule has 1 aliphatic carbocycles. The molecule has 0 aromatic heterocycles. The molecule has 0 fully saturated rings. The van der Waals surface area contributed by atoms with E-state index in [9.17, 15) is 0 Å². The largest absolute Gasteiger partial charge is 0.498 e. The van der Waals surface area contributed by atoms with E-state index >= 15 is 0 Å². The summed E-state index contributed by atoms with van der Waals surface area (Å²) in [5.41, 5.74) is 6.25. The number of likely N-dealkylation sites (N-methyl/N-ethyl adjacent to an activating group) is 1. The van der Waals surface area contributed by atoms with E-state index in [0.717, 1.165) is 30.8 Å². The van der Waals surface area contributed by atoms with Gasteiger partial charge in [0.25, 0.3) is 0 Å². The first kappa shape index (κ1) is 25.6. The molecule has 1 rings (SSSR count). The quantitative estimate of drug-likeness (QED) is 0.257. The van der Waals surface area contributed by atoms with Gasteiger partial charge in [-0.25, -0.2) is 0 Å². The van der Waals surface area contributed by atoms with E-state index in [-0.39, 0.29) is 5.92 Å². The molecule has 1 unspecified atom stereocenters. The van der Waals surface area contributed by atoms with Gasteiger partial charge in [-0.2, -0.15) is 0 Å². The van der Waals surface area contributed by atoms with Crippen molar-refractivity contribution in [2.75, 3.05) is 20.2 Å². The maximum absolute atomic E-state index is 5.86. The second-order valence-corrected chi connectivity index (χ2v) is 7.96. The highest BCUT2D eigenvalue weighted by atomic mass is 16.5. The molecular weight excluding hydrogens is 366 g/mol. The van der Waals surface area contributed by atoms with Crippen LogP contribution >= 0.6 is 0 Å². The van der Waals surface area contributed by atoms with Crippen LogP contribution in [0.1, 0.15) is 54.4 Å². The topological polar surface area (TPSA) is 12.5 Å². The fraction of sp³-hybridized carbons (Fsp3) is 0.429. The fourth-order valence-corrected chi connectivity index (χ4v) is 3.17. The van der Waals surface area contributed by atoms with E-state index in [1.165, 1.54) is 22.3 Å². The minimum atomic E-state index is 0.290. The van der Waals surface area contributed by atoms with Crippen LogP contribution in [0.3, 0.4) is 0 Å². The normalized spacial score (nSPS) is 16.8. The first-order valence-electron chi connectivity index (χ1n) is 11.1. The zero-order valence-electron chi connectivity index (χ0n) is 20.2. The molecule has 0 N–H and O–H groups in total. The van der Waals surface area contributed by atoms with Crippen LogP contribution in [0.25, 0.3) is 0 Å². The standard InChI is InChI=1S/C28H41NO/c1-9-11-12-16-28(30-10-2)24(5)21-29(8)25(6)19-18-23(4)26(7)27-15-13-14-22(3)17-20-27/h11-14,16-20,24H,6,9-10,15,21H2,1-5,7-8H3/b12-11-,19-18-,26-23-,28-16+. The molecule has 0 saturated heterocycles. The van der Waals surface area contributed by atoms with Crippen molar-refractivity contribution in [3.05, 3.63) is 95.0 Å². The van der Waals surface area contributed by atoms with Gasteiger partial charge in [-0.05, 0) is 69.4 Å². The Labute approximate surface area is 185 Å². The highest BCUT2D eigenvalue weighted by Crippen LogP contribution is 2.23. The summed E-state index contributed by atoms with van der Waals surface area (Å²) in [6.45, 7) is 18.7. The Bertz CT molecular complexity index is 783. The number of rotatable bonds is 11. The van der Waals surface area contributed by atoms with E-state index in [0.29, 0.717) is 6.61 Å². The lowest BCUT2D eigenvalue weighted by Crippen LogP contribution is -2.24. The van der Waals surface area contributed by atoms with Gasteiger partial charge in [0.05, 0.1) is 6.61 Å². The molecule has 0 amide bonds. The molecule has 2 nitrogen and oxygen atoms in total. The van der Waals surface area contributed by atoms with Crippen molar-refractivity contribution in [1.29, 1.82) is 0 Å². The van der Waals surface area contributed by atoms with Gasteiger partial charge in [0.15, 0.2) is 0 Å². The molecule has 0 aromatic rings. The maximum atomic E-state index is 5.86. The Morgan fingerprint density at radius 3 is 2.63 bits per heavy atom. The second-order valence-electron chi connectivity index (χ2n) is 7.96. The van der Waals surface area contributed by atoms with E-state index in [1.807, 2.05) is 6.92 Å². The third kappa shape index (κ3) is 8.90. The number of hydrogen-bond donors (Lipinski definition) is 0. The van der Waals surface area contributed by atoms with Crippen LogP contribution in [-0.2, 0) is 4.74 Å². The van der Waals surface area contributed by atoms with Crippen molar-refractivity contribution in [2.45, 2.75) is 54.4 Å². The van der Waals surface area contributed by atoms with Crippen LogP contribution in [-0.4, -0.2) is 25.1 Å². The van der Waals surface area contributed by atoms with Gasteiger partial charge in [-0.15, -0.1) is 0 Å². The predicted molar refractivity (Wildman–Crippen MR) is 133 cm³/mol. The highest BCUT2D eigenvalue weighted by molar-refractivity contribution is 5.44. The summed E-state index contributed by atoms with van der Waals surface area (Å²) in [6, 6.07) is 0. The fourth-order valence-electron chi connectivity index (χ4n) is 3.17. The first-order valence-corrected chi connectivity index (χ1v) is 11.1. The molecule has 0 aliphatic heterocycles. The third-order valence-electron chi connectivity index (χ3n) is 5.33. The maximum Gasteiger partial charge on any atom is 0.100 e. The Morgan fingerprint density at radius 2 is 1.97 bits per heavy atom. The average Bonchev–Trinajstić information content (AvgIpc) is 2.94. The van der Waals surface area contributed by atoms with Crippen molar-refractivity contribution >= 4 is 0 Å². The minimum absolute atomic E-state index is 0.290. The summed E-state index contributed by atoms with van der Waals surface area (Å²) < 4.78 is 5.86. The molecule has 30 heavy (non-hydrogen) atoms. The monoisotopic (exact) mass is 407 g/mol. The third-order valence-corrected chi connectivity index (χ3v) is 5.33. The van der Waals surface area contributed by atoms with Crippen LogP contribution in [0.4, 0.5) is 0 Å². The predicted octanol–water partition coefficient (Wildman–Crippen LogP) is 7.68. The summed E-state index contributed by atoms with van der Waals surface area (Å²) >= 11 is 0. The Hall–Kier alpha value is -2.48. The molecule has 0 radical (unpaired) electrons. The van der Waals surface area contributed by atoms with E-state index in [1.54, 1.807) is 0 Å². The molecule has 1 atom stereocenters. The van der Waals surface area contributed by atoms with Crippen molar-refractivity contribution in [3.8, 4) is 0 Å². The lowest BCUT2D eigenvalue weighted by atomic mass is 9.99. The van der Waals surface area contributed by atoms with Crippen molar-refractivity contribution < 1.29 is 4.74 Å². The second kappa shape index (κ2) is 13.7. The van der Waals surface area contributed by atoms with Gasteiger partial charge in [-0.1, -0.05) is 68.5 Å². The zero-order chi connectivity index (χ0) is 22.5. The number of hydrogen-bond acceptors (Lipinski definition) is 2. The summed E-state index contributed by atoms with van der Waals surface area (Å²) in [5.74, 6) is 1.31. The van der Waals surface area contributed by atoms with Gasteiger partial charge >= 0.3 is 0 Å². The van der Waals surface area contributed by atoms with Crippen molar-refractivity contribution in [3.63, 3.8) is 0 Å². The molecular formula is C28H41NO. The van der Waals surface area contributed by atoms with E-state index in [4.69, 9.17) is 4.74 Å². The van der Waals surface area contributed by atoms with E-state index < -0.39 is 0 Å². The molecule has 0 spiro atoms. The summed E-state index contributed by atoms with van der Waals surface area (Å²) in [6.07, 6.45) is 21.4. The summed E-state index contributed by atoms with van der Waals surface area (Å²) in [7, 11) is 2.09. The van der Waals surface area contributed by atoms with Crippen LogP contribution in [0, 0.1) is 5.92 Å². The Balaban J connectivity index is 2.80. The Kier molecular flexibility index (Phi) is 11.7. The number of allylic oxidation sites excluding steroid dienone is 13. The van der Waals surface area contributed by atoms with E-state index in [2.05, 4.69) is 108 Å². The number of nitrogens with zero attached hydrogens (tertiary/aromatic N) is 1. The van der Waals surface area contributed by atoms with Gasteiger partial charge in [-0.3, -0.25) is 0 Å². The van der Waals surface area contributed by atoms with Crippen molar-refractivity contribution in [2.24, 2.45) is 5.92 Å². The van der Waals surface area contributed by atoms with Crippen LogP contribution < -0.4 is 0 Å². The highest BCUT2D eigenvalue weighted by Gasteiger charge is 2.13. The molecule has 2 heteroatoms. The Morgan fingerprint density at radius 1 is 1.23 bits per heavy atom. The average molecular weight is 408 g/mol. The van der Waals surface area contributed by atoms with Gasteiger partial charge in [0.1, 0.15) is 5.76 Å². The van der Waals surface area contributed by atoms with Gasteiger partial charge in [0.2, 0.25) is 0 Å². The molecule has 0 heterocycles. The van der Waals surface area contributed by atoms with Gasteiger partial charge in [0, 0.05) is 25.2 Å². The molecule has 1 aliphatic rings. The summed E-state index contributed by atoms with van der Waals surface area (Å²) in [4.78, 5) is 2.19. The van der Waals surface area contributed by atoms with Crippen LogP contribution in [0.5, 0.6) is 0 Å². The minimum Gasteiger partial charge on any atom is -0.498 e. The SMILES string of the molecule is C=C(/C=C\C(C)=C(\C)C1=CC=C(C)C=CC1)N(C)CC(C)/C(=C\C=C/CC)OCC. The zero-order valence-corrected chi connectivity index (χ0v) is 20.2. The molecule has 0 saturated carbocycles. The smallest absolute Gasteiger partial charge is 0.100 e. The summed E-state index contributed by atoms with van der Waals surface area (Å²) in [5, 5.41) is 0. The lowest BCUT2D eigenvalue weighted by molar-refractivity contribution is 0.183. The molecule has 0 bridgehead atoms. The van der Waals surface area contributed by atoms with Crippen LogP contribution in [0.2, 0.25) is 0 Å². The van der Waals surface area contributed by atoms with Crippen LogP contribution in [0.15, 0.2) is 95.0 Å². The first-order chi connectivity index (χ1) is 14.3. The molecule has 164 valence electrons. The molecule has 0 aromatic carbocycles. The number of ether oxygens (including phenoxy) is 1. The van der Waals surface area contributed by atoms with Gasteiger partial charge < -0.3 is 9.64 Å². The lowest BCUT2D eigenvalue weighted by Gasteiger charge is -2.25. The van der Waals surface area contributed by atoms with Crippen molar-refractivity contribution in [1.82, 2.24) is 4.90 Å².